The van der Waals surface area contributed by atoms with Crippen molar-refractivity contribution in [2.45, 2.75) is 25.7 Å². The van der Waals surface area contributed by atoms with Gasteiger partial charge in [-0.2, -0.15) is 0 Å². The quantitative estimate of drug-likeness (QED) is 0.838. The first-order valence-corrected chi connectivity index (χ1v) is 7.69. The molecule has 0 radical (unpaired) electrons. The molecule has 0 spiro atoms. The summed E-state index contributed by atoms with van der Waals surface area (Å²) in [6.07, 6.45) is 4.52. The van der Waals surface area contributed by atoms with Gasteiger partial charge in [0, 0.05) is 26.1 Å². The fourth-order valence-corrected chi connectivity index (χ4v) is 3.63. The third kappa shape index (κ3) is 3.35. The van der Waals surface area contributed by atoms with Crippen molar-refractivity contribution in [1.82, 2.24) is 4.90 Å². The summed E-state index contributed by atoms with van der Waals surface area (Å²) in [7, 11) is 0. The molecule has 4 nitrogen and oxygen atoms in total. The van der Waals surface area contributed by atoms with Crippen LogP contribution in [0.1, 0.15) is 25.7 Å². The van der Waals surface area contributed by atoms with Crippen molar-refractivity contribution in [1.29, 1.82) is 0 Å². The van der Waals surface area contributed by atoms with Gasteiger partial charge in [0.15, 0.2) is 0 Å². The number of amides is 1. The lowest BCUT2D eigenvalue weighted by molar-refractivity contribution is -0.116. The highest BCUT2D eigenvalue weighted by molar-refractivity contribution is 5.93. The lowest BCUT2D eigenvalue weighted by Crippen LogP contribution is -2.26. The largest absolute Gasteiger partial charge is 0.397 e. The van der Waals surface area contributed by atoms with Gasteiger partial charge in [0.25, 0.3) is 0 Å². The molecule has 21 heavy (non-hydrogen) atoms. The second kappa shape index (κ2) is 6.02. The molecular formula is C16H22FN3O. The zero-order chi connectivity index (χ0) is 14.8. The van der Waals surface area contributed by atoms with Gasteiger partial charge in [-0.3, -0.25) is 4.79 Å². The van der Waals surface area contributed by atoms with Crippen LogP contribution in [0, 0.1) is 17.7 Å². The summed E-state index contributed by atoms with van der Waals surface area (Å²) in [6.45, 7) is 3.06. The lowest BCUT2D eigenvalue weighted by Gasteiger charge is -2.16. The zero-order valence-electron chi connectivity index (χ0n) is 12.1. The van der Waals surface area contributed by atoms with Crippen molar-refractivity contribution >= 4 is 17.3 Å². The zero-order valence-corrected chi connectivity index (χ0v) is 12.1. The minimum Gasteiger partial charge on any atom is -0.397 e. The van der Waals surface area contributed by atoms with E-state index in [0.717, 1.165) is 31.5 Å². The molecule has 1 heterocycles. The summed E-state index contributed by atoms with van der Waals surface area (Å²) in [6, 6.07) is 4.02. The van der Waals surface area contributed by atoms with Crippen LogP contribution in [0.15, 0.2) is 18.2 Å². The summed E-state index contributed by atoms with van der Waals surface area (Å²) >= 11 is 0. The first-order chi connectivity index (χ1) is 10.1. The number of benzene rings is 1. The SMILES string of the molecule is Nc1cc(F)ccc1NC(=O)CCN1CC2CCCC2C1. The maximum atomic E-state index is 13.0. The van der Waals surface area contributed by atoms with Crippen molar-refractivity contribution < 1.29 is 9.18 Å². The Kier molecular flexibility index (Phi) is 4.10. The number of nitrogens with zero attached hydrogens (tertiary/aromatic N) is 1. The average molecular weight is 291 g/mol. The van der Waals surface area contributed by atoms with Gasteiger partial charge >= 0.3 is 0 Å². The highest BCUT2D eigenvalue weighted by atomic mass is 19.1. The number of hydrogen-bond acceptors (Lipinski definition) is 3. The molecule has 2 fully saturated rings. The van der Waals surface area contributed by atoms with Crippen LogP contribution in [0.2, 0.25) is 0 Å². The number of anilines is 2. The molecule has 0 bridgehead atoms. The number of nitrogen functional groups attached to an aromatic ring is 1. The third-order valence-corrected chi connectivity index (χ3v) is 4.74. The van der Waals surface area contributed by atoms with Gasteiger partial charge in [0.2, 0.25) is 5.91 Å². The maximum absolute atomic E-state index is 13.0. The summed E-state index contributed by atoms with van der Waals surface area (Å²) in [5.41, 5.74) is 6.43. The van der Waals surface area contributed by atoms with Crippen molar-refractivity contribution in [3.63, 3.8) is 0 Å². The molecule has 2 atom stereocenters. The fraction of sp³-hybridized carbons (Fsp3) is 0.562. The Morgan fingerprint density at radius 1 is 1.33 bits per heavy atom. The fourth-order valence-electron chi connectivity index (χ4n) is 3.63. The first-order valence-electron chi connectivity index (χ1n) is 7.69. The number of hydrogen-bond donors (Lipinski definition) is 2. The molecule has 1 saturated heterocycles. The highest BCUT2D eigenvalue weighted by Gasteiger charge is 2.35. The van der Waals surface area contributed by atoms with E-state index < -0.39 is 5.82 Å². The predicted molar refractivity (Wildman–Crippen MR) is 81.3 cm³/mol. The van der Waals surface area contributed by atoms with Crippen molar-refractivity contribution in [3.05, 3.63) is 24.0 Å². The van der Waals surface area contributed by atoms with E-state index in [-0.39, 0.29) is 11.6 Å². The van der Waals surface area contributed by atoms with Crippen LogP contribution in [0.4, 0.5) is 15.8 Å². The van der Waals surface area contributed by atoms with E-state index >= 15 is 0 Å². The second-order valence-corrected chi connectivity index (χ2v) is 6.24. The molecule has 1 aromatic carbocycles. The van der Waals surface area contributed by atoms with E-state index in [1.807, 2.05) is 0 Å². The summed E-state index contributed by atoms with van der Waals surface area (Å²) in [5.74, 6) is 1.24. The summed E-state index contributed by atoms with van der Waals surface area (Å²) in [5, 5.41) is 2.75. The number of fused-ring (bicyclic) bond motifs is 1. The number of nitrogens with one attached hydrogen (secondary N) is 1. The van der Waals surface area contributed by atoms with Crippen molar-refractivity contribution in [2.75, 3.05) is 30.7 Å². The molecule has 114 valence electrons. The minimum atomic E-state index is -0.394. The lowest BCUT2D eigenvalue weighted by atomic mass is 10.0. The smallest absolute Gasteiger partial charge is 0.225 e. The highest BCUT2D eigenvalue weighted by Crippen LogP contribution is 2.37. The number of likely N-dealkylation sites (tertiary alicyclic amines) is 1. The summed E-state index contributed by atoms with van der Waals surface area (Å²) < 4.78 is 13.0. The summed E-state index contributed by atoms with van der Waals surface area (Å²) in [4.78, 5) is 14.4. The van der Waals surface area contributed by atoms with Gasteiger partial charge in [-0.1, -0.05) is 6.42 Å². The Labute approximate surface area is 124 Å². The molecule has 1 aliphatic heterocycles. The number of halogens is 1. The topological polar surface area (TPSA) is 58.4 Å². The Morgan fingerprint density at radius 3 is 2.71 bits per heavy atom. The number of nitrogens with two attached hydrogens (primary N) is 1. The van der Waals surface area contributed by atoms with Gasteiger partial charge in [-0.15, -0.1) is 0 Å². The Hall–Kier alpha value is -1.62. The van der Waals surface area contributed by atoms with Crippen LogP contribution in [-0.4, -0.2) is 30.4 Å². The molecular weight excluding hydrogens is 269 g/mol. The van der Waals surface area contributed by atoms with Crippen LogP contribution in [0.5, 0.6) is 0 Å². The van der Waals surface area contributed by atoms with E-state index in [1.54, 1.807) is 0 Å². The monoisotopic (exact) mass is 291 g/mol. The average Bonchev–Trinajstić information content (AvgIpc) is 3.00. The molecule has 1 aromatic rings. The number of carbonyl (C=O) groups is 1. The molecule has 1 aliphatic carbocycles. The molecule has 2 unspecified atom stereocenters. The van der Waals surface area contributed by atoms with Gasteiger partial charge in [-0.25, -0.2) is 4.39 Å². The first kappa shape index (κ1) is 14.3. The van der Waals surface area contributed by atoms with Gasteiger partial charge in [-0.05, 0) is 42.9 Å². The minimum absolute atomic E-state index is 0.0645. The van der Waals surface area contributed by atoms with E-state index in [9.17, 15) is 9.18 Å². The molecule has 1 amide bonds. The maximum Gasteiger partial charge on any atom is 0.225 e. The molecule has 2 aliphatic rings. The van der Waals surface area contributed by atoms with Crippen molar-refractivity contribution in [2.24, 2.45) is 11.8 Å². The van der Waals surface area contributed by atoms with Gasteiger partial charge < -0.3 is 16.0 Å². The van der Waals surface area contributed by atoms with E-state index in [2.05, 4.69) is 10.2 Å². The van der Waals surface area contributed by atoms with Crippen LogP contribution in [-0.2, 0) is 4.79 Å². The van der Waals surface area contributed by atoms with E-state index in [0.29, 0.717) is 12.1 Å². The normalized spacial score (nSPS) is 25.0. The van der Waals surface area contributed by atoms with Crippen molar-refractivity contribution in [3.8, 4) is 0 Å². The Balaban J connectivity index is 1.46. The van der Waals surface area contributed by atoms with E-state index in [4.69, 9.17) is 5.73 Å². The molecule has 0 aromatic heterocycles. The standard InChI is InChI=1S/C16H22FN3O/c17-13-4-5-15(14(18)8-13)19-16(21)6-7-20-9-11-2-1-3-12(11)10-20/h4-5,8,11-12H,1-3,6-7,9-10,18H2,(H,19,21). The Morgan fingerprint density at radius 2 is 2.05 bits per heavy atom. The van der Waals surface area contributed by atoms with Crippen LogP contribution in [0.25, 0.3) is 0 Å². The van der Waals surface area contributed by atoms with Crippen LogP contribution < -0.4 is 11.1 Å². The van der Waals surface area contributed by atoms with E-state index in [1.165, 1.54) is 37.5 Å². The molecule has 5 heteroatoms. The molecule has 3 N–H and O–H groups in total. The molecule has 1 saturated carbocycles. The predicted octanol–water partition coefficient (Wildman–Crippen LogP) is 2.47. The van der Waals surface area contributed by atoms with Crippen LogP contribution in [0.3, 0.4) is 0 Å². The molecule has 3 rings (SSSR count). The van der Waals surface area contributed by atoms with Gasteiger partial charge in [0.1, 0.15) is 5.82 Å². The Bertz CT molecular complexity index is 522. The van der Waals surface area contributed by atoms with Crippen LogP contribution >= 0.6 is 0 Å². The second-order valence-electron chi connectivity index (χ2n) is 6.24. The van der Waals surface area contributed by atoms with Gasteiger partial charge in [0.05, 0.1) is 11.4 Å². The number of rotatable bonds is 4. The third-order valence-electron chi connectivity index (χ3n) is 4.74. The number of carbonyl (C=O) groups excluding carboxylic acids is 1.